The molecule has 7 nitrogen and oxygen atoms in total. The number of aryl methyl sites for hydroxylation is 1. The maximum atomic E-state index is 13.3. The van der Waals surface area contributed by atoms with Crippen LogP contribution in [0.25, 0.3) is 10.2 Å². The van der Waals surface area contributed by atoms with E-state index in [1.54, 1.807) is 11.0 Å². The minimum atomic E-state index is -0.498. The van der Waals surface area contributed by atoms with Gasteiger partial charge in [-0.3, -0.25) is 19.8 Å². The molecule has 2 heterocycles. The molecular formula is C20H19N3O4S. The van der Waals surface area contributed by atoms with Crippen molar-refractivity contribution in [3.63, 3.8) is 0 Å². The van der Waals surface area contributed by atoms with E-state index in [4.69, 9.17) is 9.72 Å². The zero-order valence-corrected chi connectivity index (χ0v) is 16.1. The van der Waals surface area contributed by atoms with Gasteiger partial charge in [-0.25, -0.2) is 4.98 Å². The summed E-state index contributed by atoms with van der Waals surface area (Å²) in [6.45, 7) is 3.04. The third kappa shape index (κ3) is 3.61. The fourth-order valence-electron chi connectivity index (χ4n) is 3.34. The number of para-hydroxylation sites is 1. The maximum absolute atomic E-state index is 13.3. The van der Waals surface area contributed by atoms with Crippen molar-refractivity contribution in [2.24, 2.45) is 0 Å². The number of nitro benzene ring substituents is 1. The Kier molecular flexibility index (Phi) is 5.06. The first-order valence-electron chi connectivity index (χ1n) is 9.07. The van der Waals surface area contributed by atoms with Crippen molar-refractivity contribution in [3.8, 4) is 0 Å². The van der Waals surface area contributed by atoms with Gasteiger partial charge in [-0.2, -0.15) is 0 Å². The molecule has 1 saturated heterocycles. The SMILES string of the molecule is Cc1cccc2sc(N(CC3CCCO3)C(=O)c3cccc([N+](=O)[O-])c3)nc12. The molecule has 0 radical (unpaired) electrons. The van der Waals surface area contributed by atoms with Crippen LogP contribution in [0, 0.1) is 17.0 Å². The maximum Gasteiger partial charge on any atom is 0.270 e. The number of aromatic nitrogens is 1. The summed E-state index contributed by atoms with van der Waals surface area (Å²) in [6.07, 6.45) is 1.78. The summed E-state index contributed by atoms with van der Waals surface area (Å²) in [5, 5.41) is 11.7. The quantitative estimate of drug-likeness (QED) is 0.472. The molecule has 1 atom stereocenters. The number of carbonyl (C=O) groups is 1. The predicted molar refractivity (Wildman–Crippen MR) is 108 cm³/mol. The fraction of sp³-hybridized carbons (Fsp3) is 0.300. The minimum absolute atomic E-state index is 0.0595. The number of thiazole rings is 1. The first-order valence-corrected chi connectivity index (χ1v) is 9.88. The zero-order chi connectivity index (χ0) is 19.7. The molecule has 0 N–H and O–H groups in total. The van der Waals surface area contributed by atoms with Crippen LogP contribution < -0.4 is 4.90 Å². The fourth-order valence-corrected chi connectivity index (χ4v) is 4.39. The van der Waals surface area contributed by atoms with Crippen LogP contribution in [-0.4, -0.2) is 35.1 Å². The lowest BCUT2D eigenvalue weighted by molar-refractivity contribution is -0.384. The summed E-state index contributed by atoms with van der Waals surface area (Å²) in [4.78, 5) is 30.2. The Bertz CT molecular complexity index is 1040. The Morgan fingerprint density at radius 2 is 2.18 bits per heavy atom. The van der Waals surface area contributed by atoms with Crippen molar-refractivity contribution in [3.05, 3.63) is 63.7 Å². The molecule has 4 rings (SSSR count). The largest absolute Gasteiger partial charge is 0.376 e. The number of hydrogen-bond donors (Lipinski definition) is 0. The number of carbonyl (C=O) groups excluding carboxylic acids is 1. The molecule has 144 valence electrons. The lowest BCUT2D eigenvalue weighted by atomic mass is 10.1. The van der Waals surface area contributed by atoms with Crippen LogP contribution in [0.2, 0.25) is 0 Å². The molecule has 2 aromatic carbocycles. The van der Waals surface area contributed by atoms with E-state index in [1.807, 2.05) is 25.1 Å². The van der Waals surface area contributed by atoms with Gasteiger partial charge in [0.05, 0.1) is 27.8 Å². The van der Waals surface area contributed by atoms with Crippen molar-refractivity contribution in [2.75, 3.05) is 18.1 Å². The molecule has 1 aromatic heterocycles. The van der Waals surface area contributed by atoms with Crippen LogP contribution >= 0.6 is 11.3 Å². The Morgan fingerprint density at radius 1 is 1.36 bits per heavy atom. The first kappa shape index (κ1) is 18.5. The van der Waals surface area contributed by atoms with Gasteiger partial charge < -0.3 is 4.74 Å². The van der Waals surface area contributed by atoms with Gasteiger partial charge >= 0.3 is 0 Å². The monoisotopic (exact) mass is 397 g/mol. The van der Waals surface area contributed by atoms with E-state index in [-0.39, 0.29) is 23.3 Å². The van der Waals surface area contributed by atoms with Crippen LogP contribution in [-0.2, 0) is 4.74 Å². The Morgan fingerprint density at radius 3 is 2.89 bits per heavy atom. The number of rotatable bonds is 5. The van der Waals surface area contributed by atoms with Crippen LogP contribution in [0.5, 0.6) is 0 Å². The molecule has 0 aliphatic carbocycles. The highest BCUT2D eigenvalue weighted by atomic mass is 32.1. The lowest BCUT2D eigenvalue weighted by Gasteiger charge is -2.23. The van der Waals surface area contributed by atoms with Crippen molar-refractivity contribution < 1.29 is 14.5 Å². The molecule has 0 bridgehead atoms. The summed E-state index contributed by atoms with van der Waals surface area (Å²) in [6, 6.07) is 11.7. The normalized spacial score (nSPS) is 16.4. The molecular weight excluding hydrogens is 378 g/mol. The van der Waals surface area contributed by atoms with Gasteiger partial charge in [-0.1, -0.05) is 29.5 Å². The average molecular weight is 397 g/mol. The summed E-state index contributed by atoms with van der Waals surface area (Å²) in [7, 11) is 0. The molecule has 8 heteroatoms. The molecule has 1 unspecified atom stereocenters. The minimum Gasteiger partial charge on any atom is -0.376 e. The van der Waals surface area contributed by atoms with Crippen molar-refractivity contribution >= 4 is 38.3 Å². The smallest absolute Gasteiger partial charge is 0.270 e. The molecule has 0 spiro atoms. The predicted octanol–water partition coefficient (Wildman–Crippen LogP) is 4.34. The summed E-state index contributed by atoms with van der Waals surface area (Å²) in [5.41, 5.74) is 2.07. The number of benzene rings is 2. The van der Waals surface area contributed by atoms with E-state index in [9.17, 15) is 14.9 Å². The zero-order valence-electron chi connectivity index (χ0n) is 15.3. The van der Waals surface area contributed by atoms with Crippen LogP contribution in [0.15, 0.2) is 42.5 Å². The second-order valence-electron chi connectivity index (χ2n) is 6.78. The summed E-state index contributed by atoms with van der Waals surface area (Å²) >= 11 is 1.44. The average Bonchev–Trinajstić information content (AvgIpc) is 3.36. The standard InChI is InChI=1S/C20H19N3O4S/c1-13-5-2-9-17-18(13)21-20(28-17)22(12-16-8-4-10-27-16)19(24)14-6-3-7-15(11-14)23(25)26/h2-3,5-7,9,11,16H,4,8,10,12H2,1H3. The van der Waals surface area contributed by atoms with Crippen LogP contribution in [0.3, 0.4) is 0 Å². The number of fused-ring (bicyclic) bond motifs is 1. The number of nitro groups is 1. The van der Waals surface area contributed by atoms with Crippen LogP contribution in [0.4, 0.5) is 10.8 Å². The number of anilines is 1. The van der Waals surface area contributed by atoms with Gasteiger partial charge in [-0.15, -0.1) is 0 Å². The van der Waals surface area contributed by atoms with Gasteiger partial charge in [0.2, 0.25) is 0 Å². The van der Waals surface area contributed by atoms with Crippen molar-refractivity contribution in [1.29, 1.82) is 0 Å². The Hall–Kier alpha value is -2.84. The third-order valence-electron chi connectivity index (χ3n) is 4.80. The summed E-state index contributed by atoms with van der Waals surface area (Å²) < 4.78 is 6.72. The molecule has 1 fully saturated rings. The highest BCUT2D eigenvalue weighted by Gasteiger charge is 2.28. The summed E-state index contributed by atoms with van der Waals surface area (Å²) in [5.74, 6) is -0.309. The van der Waals surface area contributed by atoms with E-state index in [1.165, 1.54) is 29.5 Å². The first-order chi connectivity index (χ1) is 13.5. The lowest BCUT2D eigenvalue weighted by Crippen LogP contribution is -2.37. The third-order valence-corrected chi connectivity index (χ3v) is 5.84. The molecule has 3 aromatic rings. The van der Waals surface area contributed by atoms with Crippen molar-refractivity contribution in [2.45, 2.75) is 25.9 Å². The second kappa shape index (κ2) is 7.65. The topological polar surface area (TPSA) is 85.6 Å². The molecule has 28 heavy (non-hydrogen) atoms. The van der Waals surface area contributed by atoms with Crippen molar-refractivity contribution in [1.82, 2.24) is 4.98 Å². The van der Waals surface area contributed by atoms with E-state index >= 15 is 0 Å². The second-order valence-corrected chi connectivity index (χ2v) is 7.79. The van der Waals surface area contributed by atoms with Gasteiger partial charge in [-0.05, 0) is 37.5 Å². The number of non-ortho nitro benzene ring substituents is 1. The van der Waals surface area contributed by atoms with E-state index in [0.29, 0.717) is 18.3 Å². The molecule has 1 amide bonds. The van der Waals surface area contributed by atoms with Gasteiger partial charge in [0.15, 0.2) is 5.13 Å². The van der Waals surface area contributed by atoms with E-state index < -0.39 is 4.92 Å². The van der Waals surface area contributed by atoms with Crippen LogP contribution in [0.1, 0.15) is 28.8 Å². The van der Waals surface area contributed by atoms with Gasteiger partial charge in [0, 0.05) is 24.3 Å². The van der Waals surface area contributed by atoms with E-state index in [2.05, 4.69) is 0 Å². The van der Waals surface area contributed by atoms with Gasteiger partial charge in [0.1, 0.15) is 0 Å². The number of hydrogen-bond acceptors (Lipinski definition) is 6. The number of ether oxygens (including phenoxy) is 1. The Balaban J connectivity index is 1.73. The number of nitrogens with zero attached hydrogens (tertiary/aromatic N) is 3. The highest BCUT2D eigenvalue weighted by Crippen LogP contribution is 2.32. The Labute approximate surface area is 165 Å². The van der Waals surface area contributed by atoms with Gasteiger partial charge in [0.25, 0.3) is 11.6 Å². The molecule has 1 aliphatic heterocycles. The highest BCUT2D eigenvalue weighted by molar-refractivity contribution is 7.22. The molecule has 0 saturated carbocycles. The molecule has 1 aliphatic rings. The number of amides is 1. The van der Waals surface area contributed by atoms with E-state index in [0.717, 1.165) is 28.6 Å².